The Bertz CT molecular complexity index is 126. The molecule has 2 N–H and O–H groups in total. The number of nitrogens with zero attached hydrogens (tertiary/aromatic N) is 2. The fraction of sp³-hybridized carbons (Fsp3) is 1.00. The molecule has 0 aliphatic rings. The van der Waals surface area contributed by atoms with Gasteiger partial charge in [0.25, 0.3) is 0 Å². The normalized spacial score (nSPS) is 12.9. The van der Waals surface area contributed by atoms with E-state index in [1.54, 1.807) is 0 Å². The van der Waals surface area contributed by atoms with Crippen molar-refractivity contribution >= 4 is 8.40 Å². The number of rotatable bonds is 6. The van der Waals surface area contributed by atoms with E-state index in [4.69, 9.17) is 0 Å². The van der Waals surface area contributed by atoms with Gasteiger partial charge in [-0.25, -0.2) is 0 Å². The molecule has 0 saturated heterocycles. The third-order valence-corrected chi connectivity index (χ3v) is 8.26. The summed E-state index contributed by atoms with van der Waals surface area (Å²) in [6, 6.07) is 2.41. The lowest BCUT2D eigenvalue weighted by Gasteiger charge is -2.43. The van der Waals surface area contributed by atoms with Crippen LogP contribution in [0.5, 0.6) is 0 Å². The second-order valence-corrected chi connectivity index (χ2v) is 7.98. The molecule has 0 radical (unpaired) electrons. The molecule has 0 saturated carbocycles. The van der Waals surface area contributed by atoms with Gasteiger partial charge in [0.2, 0.25) is 8.40 Å². The van der Waals surface area contributed by atoms with Crippen molar-refractivity contribution in [1.82, 2.24) is 20.2 Å². The first-order valence-electron chi connectivity index (χ1n) is 4.91. The van der Waals surface area contributed by atoms with Crippen LogP contribution in [0.4, 0.5) is 0 Å². The van der Waals surface area contributed by atoms with Gasteiger partial charge in [0, 0.05) is 0 Å². The molecule has 0 atom stereocenters. The number of hydrogen-bond acceptors (Lipinski definition) is 4. The van der Waals surface area contributed by atoms with E-state index in [9.17, 15) is 0 Å². The number of hydrazine groups is 2. The van der Waals surface area contributed by atoms with E-state index in [1.165, 1.54) is 12.1 Å². The van der Waals surface area contributed by atoms with Gasteiger partial charge in [0.05, 0.1) is 0 Å². The van der Waals surface area contributed by atoms with Crippen LogP contribution in [0.3, 0.4) is 0 Å². The third kappa shape index (κ3) is 2.51. The molecule has 0 fully saturated rings. The zero-order valence-corrected chi connectivity index (χ0v) is 10.8. The van der Waals surface area contributed by atoms with Crippen LogP contribution in [-0.4, -0.2) is 45.9 Å². The van der Waals surface area contributed by atoms with Gasteiger partial charge >= 0.3 is 0 Å². The summed E-state index contributed by atoms with van der Waals surface area (Å²) in [5.74, 6) is 0. The molecule has 0 rings (SSSR count). The monoisotopic (exact) mass is 204 g/mol. The van der Waals surface area contributed by atoms with Gasteiger partial charge in [0.15, 0.2) is 0 Å². The van der Waals surface area contributed by atoms with Gasteiger partial charge in [-0.15, -0.1) is 0 Å². The van der Waals surface area contributed by atoms with Crippen LogP contribution in [0, 0.1) is 0 Å². The summed E-state index contributed by atoms with van der Waals surface area (Å²) >= 11 is 0. The number of nitrogens with one attached hydrogen (secondary N) is 2. The molecule has 80 valence electrons. The molecule has 5 heteroatoms. The van der Waals surface area contributed by atoms with E-state index in [2.05, 4.69) is 48.1 Å². The van der Waals surface area contributed by atoms with Crippen molar-refractivity contribution in [3.63, 3.8) is 0 Å². The van der Waals surface area contributed by atoms with Crippen molar-refractivity contribution in [3.8, 4) is 0 Å². The second-order valence-electron chi connectivity index (χ2n) is 3.25. The van der Waals surface area contributed by atoms with Crippen molar-refractivity contribution in [1.29, 1.82) is 0 Å². The summed E-state index contributed by atoms with van der Waals surface area (Å²) in [6.07, 6.45) is 0. The summed E-state index contributed by atoms with van der Waals surface area (Å²) in [6.45, 7) is 4.52. The third-order valence-electron chi connectivity index (χ3n) is 3.05. The molecule has 13 heavy (non-hydrogen) atoms. The van der Waals surface area contributed by atoms with E-state index < -0.39 is 8.40 Å². The molecule has 0 aromatic heterocycles. The van der Waals surface area contributed by atoms with Gasteiger partial charge in [-0.3, -0.25) is 20.2 Å². The van der Waals surface area contributed by atoms with Gasteiger partial charge in [0.1, 0.15) is 0 Å². The average Bonchev–Trinajstić information content (AvgIpc) is 2.19. The van der Waals surface area contributed by atoms with Crippen LogP contribution < -0.4 is 10.9 Å². The van der Waals surface area contributed by atoms with E-state index >= 15 is 0 Å². The Morgan fingerprint density at radius 3 is 1.38 bits per heavy atom. The molecule has 0 aromatic carbocycles. The summed E-state index contributed by atoms with van der Waals surface area (Å²) in [4.78, 5) is 0. The summed E-state index contributed by atoms with van der Waals surface area (Å²) < 4.78 is 4.56. The van der Waals surface area contributed by atoms with Crippen LogP contribution in [0.2, 0.25) is 12.1 Å². The van der Waals surface area contributed by atoms with E-state index in [0.717, 1.165) is 0 Å². The Labute approximate surface area is 83.4 Å². The Balaban J connectivity index is 4.67. The molecule has 0 heterocycles. The smallest absolute Gasteiger partial charge is 0.232 e. The Kier molecular flexibility index (Phi) is 5.74. The van der Waals surface area contributed by atoms with Crippen LogP contribution in [0.15, 0.2) is 0 Å². The van der Waals surface area contributed by atoms with Crippen LogP contribution in [0.25, 0.3) is 0 Å². The standard InChI is InChI=1S/C8H24N4Si/c1-7-13(8-2,11(5)9-3)12(6)10-4/h9-10H,7-8H2,1-6H3. The van der Waals surface area contributed by atoms with E-state index in [1.807, 2.05) is 14.1 Å². The predicted molar refractivity (Wildman–Crippen MR) is 60.4 cm³/mol. The topological polar surface area (TPSA) is 30.5 Å². The fourth-order valence-corrected chi connectivity index (χ4v) is 5.52. The van der Waals surface area contributed by atoms with Crippen molar-refractivity contribution in [3.05, 3.63) is 0 Å². The Morgan fingerprint density at radius 2 is 1.23 bits per heavy atom. The second kappa shape index (κ2) is 5.72. The maximum Gasteiger partial charge on any atom is 0.232 e. The first-order valence-corrected chi connectivity index (χ1v) is 7.22. The lowest BCUT2D eigenvalue weighted by molar-refractivity contribution is 0.299. The highest BCUT2D eigenvalue weighted by atomic mass is 28.3. The Morgan fingerprint density at radius 1 is 0.923 bits per heavy atom. The van der Waals surface area contributed by atoms with Gasteiger partial charge < -0.3 is 0 Å². The molecule has 0 aliphatic carbocycles. The highest BCUT2D eigenvalue weighted by molar-refractivity contribution is 6.73. The molecule has 0 aliphatic heterocycles. The minimum atomic E-state index is -1.51. The maximum atomic E-state index is 3.24. The van der Waals surface area contributed by atoms with E-state index in [-0.39, 0.29) is 0 Å². The summed E-state index contributed by atoms with van der Waals surface area (Å²) in [7, 11) is 6.72. The lowest BCUT2D eigenvalue weighted by Crippen LogP contribution is -2.68. The molecule has 0 bridgehead atoms. The average molecular weight is 204 g/mol. The largest absolute Gasteiger partial charge is 0.264 e. The van der Waals surface area contributed by atoms with Crippen molar-refractivity contribution in [2.75, 3.05) is 28.2 Å². The molecule has 0 aromatic rings. The minimum Gasteiger partial charge on any atom is -0.264 e. The van der Waals surface area contributed by atoms with Gasteiger partial charge in [-0.2, -0.15) is 0 Å². The minimum absolute atomic E-state index is 1.21. The summed E-state index contributed by atoms with van der Waals surface area (Å²) in [5, 5.41) is 0. The zero-order valence-electron chi connectivity index (χ0n) is 9.81. The molecular weight excluding hydrogens is 180 g/mol. The molecule has 0 spiro atoms. The summed E-state index contributed by atoms with van der Waals surface area (Å²) in [5.41, 5.74) is 6.47. The van der Waals surface area contributed by atoms with Crippen molar-refractivity contribution in [2.45, 2.75) is 25.9 Å². The van der Waals surface area contributed by atoms with Crippen molar-refractivity contribution in [2.24, 2.45) is 0 Å². The van der Waals surface area contributed by atoms with Gasteiger partial charge in [-0.1, -0.05) is 13.8 Å². The lowest BCUT2D eigenvalue weighted by atomic mass is 10.9. The van der Waals surface area contributed by atoms with Crippen LogP contribution in [0.1, 0.15) is 13.8 Å². The molecule has 0 unspecified atom stereocenters. The van der Waals surface area contributed by atoms with E-state index in [0.29, 0.717) is 0 Å². The first-order chi connectivity index (χ1) is 6.08. The number of hydrogen-bond donors (Lipinski definition) is 2. The highest BCUT2D eigenvalue weighted by Crippen LogP contribution is 2.18. The van der Waals surface area contributed by atoms with Crippen LogP contribution in [-0.2, 0) is 0 Å². The van der Waals surface area contributed by atoms with Gasteiger partial charge in [-0.05, 0) is 40.3 Å². The zero-order chi connectivity index (χ0) is 10.5. The SMILES string of the molecule is CC[Si](CC)(N(C)NC)N(C)NC. The molecule has 4 nitrogen and oxygen atoms in total. The Hall–Kier alpha value is 0.0569. The quantitative estimate of drug-likeness (QED) is 0.490. The fourth-order valence-electron chi connectivity index (χ4n) is 1.84. The highest BCUT2D eigenvalue weighted by Gasteiger charge is 2.38. The first kappa shape index (κ1) is 13.1. The van der Waals surface area contributed by atoms with Crippen molar-refractivity contribution < 1.29 is 0 Å². The van der Waals surface area contributed by atoms with Crippen LogP contribution >= 0.6 is 0 Å². The maximum absolute atomic E-state index is 3.24. The molecule has 0 amide bonds. The predicted octanol–water partition coefficient (Wildman–Crippen LogP) is 0.601. The molecular formula is C8H24N4Si.